The largest absolute Gasteiger partial charge is 0.469 e. The van der Waals surface area contributed by atoms with Crippen LogP contribution in [0.3, 0.4) is 0 Å². The van der Waals surface area contributed by atoms with E-state index >= 15 is 0 Å². The van der Waals surface area contributed by atoms with Gasteiger partial charge in [-0.15, -0.1) is 0 Å². The number of esters is 1. The summed E-state index contributed by atoms with van der Waals surface area (Å²) in [6.07, 6.45) is 4.06. The van der Waals surface area contributed by atoms with Gasteiger partial charge in [0.25, 0.3) is 0 Å². The lowest BCUT2D eigenvalue weighted by Gasteiger charge is -2.31. The molecule has 1 aromatic carbocycles. The van der Waals surface area contributed by atoms with Crippen molar-refractivity contribution in [1.82, 2.24) is 5.32 Å². The van der Waals surface area contributed by atoms with E-state index in [1.807, 2.05) is 18.2 Å². The van der Waals surface area contributed by atoms with E-state index in [0.717, 1.165) is 13.0 Å². The van der Waals surface area contributed by atoms with Gasteiger partial charge < -0.3 is 10.1 Å². The van der Waals surface area contributed by atoms with Crippen LogP contribution in [0.15, 0.2) is 30.3 Å². The van der Waals surface area contributed by atoms with Gasteiger partial charge in [0, 0.05) is 12.0 Å². The molecule has 3 heteroatoms. The number of rotatable bonds is 4. The number of carbonyl (C=O) groups is 1. The van der Waals surface area contributed by atoms with Crippen molar-refractivity contribution in [3.05, 3.63) is 35.9 Å². The number of nitrogens with one attached hydrogen (secondary N) is 1. The predicted octanol–water partition coefficient (Wildman–Crippen LogP) is 2.48. The molecule has 0 saturated carbocycles. The summed E-state index contributed by atoms with van der Waals surface area (Å²) >= 11 is 0. The van der Waals surface area contributed by atoms with Gasteiger partial charge in [-0.05, 0) is 24.9 Å². The summed E-state index contributed by atoms with van der Waals surface area (Å²) in [5.41, 5.74) is 1.22. The molecule has 1 N–H and O–H groups in total. The number of hydrogen-bond donors (Lipinski definition) is 1. The van der Waals surface area contributed by atoms with Crippen molar-refractivity contribution in [3.63, 3.8) is 0 Å². The Labute approximate surface area is 109 Å². The predicted molar refractivity (Wildman–Crippen MR) is 71.5 cm³/mol. The summed E-state index contributed by atoms with van der Waals surface area (Å²) in [5, 5.41) is 3.54. The van der Waals surface area contributed by atoms with Crippen molar-refractivity contribution in [2.45, 2.75) is 37.6 Å². The number of hydrogen-bond acceptors (Lipinski definition) is 3. The molecule has 1 aliphatic heterocycles. The molecule has 0 spiro atoms. The number of benzene rings is 1. The molecule has 0 aromatic heterocycles. The molecular formula is C15H21NO2. The minimum atomic E-state index is -0.128. The maximum absolute atomic E-state index is 11.6. The first kappa shape index (κ1) is 13.1. The van der Waals surface area contributed by atoms with E-state index in [2.05, 4.69) is 17.4 Å². The fourth-order valence-corrected chi connectivity index (χ4v) is 2.68. The Morgan fingerprint density at radius 2 is 2.17 bits per heavy atom. The highest BCUT2D eigenvalue weighted by molar-refractivity contribution is 5.70. The molecule has 1 fully saturated rings. The minimum absolute atomic E-state index is 0.128. The van der Waals surface area contributed by atoms with E-state index in [9.17, 15) is 4.79 Å². The highest BCUT2D eigenvalue weighted by atomic mass is 16.5. The van der Waals surface area contributed by atoms with Gasteiger partial charge in [0.2, 0.25) is 0 Å². The highest BCUT2D eigenvalue weighted by Gasteiger charge is 2.27. The van der Waals surface area contributed by atoms with Gasteiger partial charge in [-0.1, -0.05) is 36.8 Å². The standard InChI is InChI=1S/C15H21NO2/c1-18-15(17)11-13(12-7-3-2-4-8-12)14-9-5-6-10-16-14/h2-4,7-8,13-14,16H,5-6,9-11H2,1H3/t13-,14+/m1/s1. The van der Waals surface area contributed by atoms with E-state index in [1.165, 1.54) is 25.5 Å². The van der Waals surface area contributed by atoms with Gasteiger partial charge in [-0.25, -0.2) is 0 Å². The molecule has 1 heterocycles. The van der Waals surface area contributed by atoms with Crippen LogP contribution in [0.1, 0.15) is 37.2 Å². The second-order valence-electron chi connectivity index (χ2n) is 4.85. The summed E-state index contributed by atoms with van der Waals surface area (Å²) in [5.74, 6) is 0.0928. The van der Waals surface area contributed by atoms with Crippen molar-refractivity contribution in [3.8, 4) is 0 Å². The van der Waals surface area contributed by atoms with Crippen LogP contribution in [0, 0.1) is 0 Å². The molecule has 3 nitrogen and oxygen atoms in total. The van der Waals surface area contributed by atoms with Gasteiger partial charge in [-0.2, -0.15) is 0 Å². The quantitative estimate of drug-likeness (QED) is 0.831. The molecule has 2 rings (SSSR count). The Bertz CT molecular complexity index is 371. The van der Waals surface area contributed by atoms with Gasteiger partial charge in [0.15, 0.2) is 0 Å². The average molecular weight is 247 g/mol. The van der Waals surface area contributed by atoms with Crippen molar-refractivity contribution >= 4 is 5.97 Å². The lowest BCUT2D eigenvalue weighted by molar-refractivity contribution is -0.141. The maximum atomic E-state index is 11.6. The zero-order valence-electron chi connectivity index (χ0n) is 10.9. The molecule has 1 saturated heterocycles. The van der Waals surface area contributed by atoms with E-state index in [-0.39, 0.29) is 11.9 Å². The molecule has 2 atom stereocenters. The Morgan fingerprint density at radius 3 is 2.78 bits per heavy atom. The van der Waals surface area contributed by atoms with E-state index < -0.39 is 0 Å². The summed E-state index contributed by atoms with van der Waals surface area (Å²) < 4.78 is 4.83. The van der Waals surface area contributed by atoms with Gasteiger partial charge in [0.1, 0.15) is 0 Å². The minimum Gasteiger partial charge on any atom is -0.469 e. The van der Waals surface area contributed by atoms with Crippen LogP contribution in [0.5, 0.6) is 0 Å². The summed E-state index contributed by atoms with van der Waals surface area (Å²) in [6.45, 7) is 1.05. The Morgan fingerprint density at radius 1 is 1.39 bits per heavy atom. The fourth-order valence-electron chi connectivity index (χ4n) is 2.68. The lowest BCUT2D eigenvalue weighted by atomic mass is 9.84. The molecule has 0 amide bonds. The van der Waals surface area contributed by atoms with E-state index in [1.54, 1.807) is 0 Å². The summed E-state index contributed by atoms with van der Waals surface area (Å²) in [6, 6.07) is 10.7. The van der Waals surface area contributed by atoms with Crippen molar-refractivity contribution < 1.29 is 9.53 Å². The van der Waals surface area contributed by atoms with Crippen molar-refractivity contribution in [1.29, 1.82) is 0 Å². The van der Waals surface area contributed by atoms with Crippen LogP contribution in [-0.4, -0.2) is 25.7 Å². The number of carbonyl (C=O) groups excluding carboxylic acids is 1. The first-order valence-electron chi connectivity index (χ1n) is 6.66. The highest BCUT2D eigenvalue weighted by Crippen LogP contribution is 2.28. The summed E-state index contributed by atoms with van der Waals surface area (Å²) in [7, 11) is 1.46. The molecule has 1 aromatic rings. The van der Waals surface area contributed by atoms with Crippen LogP contribution >= 0.6 is 0 Å². The third-order valence-corrected chi connectivity index (χ3v) is 3.68. The SMILES string of the molecule is COC(=O)C[C@H](c1ccccc1)[C@@H]1CCCCN1. The molecule has 1 aliphatic rings. The van der Waals surface area contributed by atoms with Gasteiger partial charge in [0.05, 0.1) is 13.5 Å². The average Bonchev–Trinajstić information content (AvgIpc) is 2.46. The van der Waals surface area contributed by atoms with Crippen LogP contribution in [0.4, 0.5) is 0 Å². The van der Waals surface area contributed by atoms with Crippen molar-refractivity contribution in [2.75, 3.05) is 13.7 Å². The zero-order chi connectivity index (χ0) is 12.8. The zero-order valence-corrected chi connectivity index (χ0v) is 10.9. The summed E-state index contributed by atoms with van der Waals surface area (Å²) in [4.78, 5) is 11.6. The molecule has 18 heavy (non-hydrogen) atoms. The second kappa shape index (κ2) is 6.55. The first-order valence-corrected chi connectivity index (χ1v) is 6.66. The van der Waals surface area contributed by atoms with Gasteiger partial charge in [-0.3, -0.25) is 4.79 Å². The van der Waals surface area contributed by atoms with Gasteiger partial charge >= 0.3 is 5.97 Å². The third kappa shape index (κ3) is 3.33. The van der Waals surface area contributed by atoms with Crippen LogP contribution in [0.2, 0.25) is 0 Å². The Hall–Kier alpha value is -1.35. The number of piperidine rings is 1. The number of ether oxygens (including phenoxy) is 1. The molecule has 98 valence electrons. The van der Waals surface area contributed by atoms with Crippen molar-refractivity contribution in [2.24, 2.45) is 0 Å². The fraction of sp³-hybridized carbons (Fsp3) is 0.533. The van der Waals surface area contributed by atoms with Crippen LogP contribution in [-0.2, 0) is 9.53 Å². The lowest BCUT2D eigenvalue weighted by Crippen LogP contribution is -2.39. The number of methoxy groups -OCH3 is 1. The normalized spacial score (nSPS) is 21.3. The van der Waals surface area contributed by atoms with Crippen LogP contribution < -0.4 is 5.32 Å². The second-order valence-corrected chi connectivity index (χ2v) is 4.85. The molecule has 0 bridgehead atoms. The molecular weight excluding hydrogens is 226 g/mol. The molecule has 0 radical (unpaired) electrons. The van der Waals surface area contributed by atoms with Crippen LogP contribution in [0.25, 0.3) is 0 Å². The third-order valence-electron chi connectivity index (χ3n) is 3.68. The maximum Gasteiger partial charge on any atom is 0.306 e. The first-order chi connectivity index (χ1) is 8.81. The smallest absolute Gasteiger partial charge is 0.306 e. The van der Waals surface area contributed by atoms with E-state index in [4.69, 9.17) is 4.74 Å². The molecule has 0 aliphatic carbocycles. The van der Waals surface area contributed by atoms with E-state index in [0.29, 0.717) is 12.5 Å². The molecule has 0 unspecified atom stereocenters. The Balaban J connectivity index is 2.14. The monoisotopic (exact) mass is 247 g/mol. The Kier molecular flexibility index (Phi) is 4.76. The topological polar surface area (TPSA) is 38.3 Å².